The van der Waals surface area contributed by atoms with Gasteiger partial charge in [-0.3, -0.25) is 0 Å². The van der Waals surface area contributed by atoms with E-state index in [2.05, 4.69) is 13.2 Å². The minimum absolute atomic E-state index is 0. The minimum atomic E-state index is -1.19. The van der Waals surface area contributed by atoms with Gasteiger partial charge in [0.25, 0.3) is 0 Å². The Labute approximate surface area is 58.5 Å². The first kappa shape index (κ1) is 15.6. The molecular formula is C4H8CuO3. The van der Waals surface area contributed by atoms with Crippen molar-refractivity contribution in [3.8, 4) is 0 Å². The molecule has 0 aliphatic rings. The summed E-state index contributed by atoms with van der Waals surface area (Å²) >= 11 is 0. The fraction of sp³-hybridized carbons (Fsp3) is 0.250. The van der Waals surface area contributed by atoms with Crippen molar-refractivity contribution in [2.24, 2.45) is 0 Å². The van der Waals surface area contributed by atoms with E-state index in [1.54, 1.807) is 0 Å². The van der Waals surface area contributed by atoms with E-state index < -0.39 is 12.6 Å². The molecule has 0 saturated heterocycles. The molecule has 0 amide bonds. The van der Waals surface area contributed by atoms with E-state index in [0.717, 1.165) is 0 Å². The number of aliphatic hydroxyl groups excluding tert-OH is 1. The predicted octanol–water partition coefficient (Wildman–Crippen LogP) is -0.137. The second kappa shape index (κ2) is 15.9. The van der Waals surface area contributed by atoms with Gasteiger partial charge in [-0.05, 0) is 0 Å². The molecule has 0 aromatic heterocycles. The van der Waals surface area contributed by atoms with Crippen LogP contribution in [0, 0.1) is 0 Å². The molecule has 0 atom stereocenters. The number of hydrogen-bond donors (Lipinski definition) is 2. The van der Waals surface area contributed by atoms with E-state index in [9.17, 15) is 0 Å². The maximum absolute atomic E-state index is 9.12. The normalized spacial score (nSPS) is 5.12. The Hall–Kier alpha value is -0.311. The van der Waals surface area contributed by atoms with Crippen molar-refractivity contribution in [1.29, 1.82) is 0 Å². The molecule has 1 radical (unpaired) electrons. The Bertz CT molecular complexity index is 55.2. The summed E-state index contributed by atoms with van der Waals surface area (Å²) in [5, 5.41) is 15.0. The van der Waals surface area contributed by atoms with Crippen LogP contribution in [0.1, 0.15) is 0 Å². The smallest absolute Gasteiger partial charge is 0.329 e. The first-order chi connectivity index (χ1) is 3.27. The Balaban J connectivity index is -0.0000000750. The van der Waals surface area contributed by atoms with Crippen LogP contribution in [0.3, 0.4) is 0 Å². The van der Waals surface area contributed by atoms with Gasteiger partial charge in [0.15, 0.2) is 0 Å². The minimum Gasteiger partial charge on any atom is -0.480 e. The third-order valence-corrected chi connectivity index (χ3v) is 0.135. The summed E-state index contributed by atoms with van der Waals surface area (Å²) in [6.45, 7) is 5.22. The molecule has 0 aliphatic heterocycles. The average molecular weight is 168 g/mol. The van der Waals surface area contributed by atoms with Crippen molar-refractivity contribution in [3.63, 3.8) is 0 Å². The van der Waals surface area contributed by atoms with Gasteiger partial charge in [0.2, 0.25) is 0 Å². The zero-order valence-corrected chi connectivity index (χ0v) is 5.17. The zero-order valence-electron chi connectivity index (χ0n) is 4.23. The molecule has 53 valence electrons. The van der Waals surface area contributed by atoms with Gasteiger partial charge in [0.1, 0.15) is 6.61 Å². The van der Waals surface area contributed by atoms with E-state index in [1.807, 2.05) is 0 Å². The third-order valence-electron chi connectivity index (χ3n) is 0.135. The Morgan fingerprint density at radius 3 is 1.62 bits per heavy atom. The summed E-state index contributed by atoms with van der Waals surface area (Å²) in [5.74, 6) is -1.19. The molecule has 0 heterocycles. The number of carboxylic acid groups (broad SMARTS) is 1. The molecule has 0 aliphatic carbocycles. The number of aliphatic hydroxyl groups is 1. The molecule has 0 bridgehead atoms. The Kier molecular flexibility index (Phi) is 31.1. The van der Waals surface area contributed by atoms with Gasteiger partial charge in [-0.1, -0.05) is 0 Å². The zero-order chi connectivity index (χ0) is 6.28. The number of aliphatic carboxylic acids is 1. The summed E-state index contributed by atoms with van der Waals surface area (Å²) < 4.78 is 0. The standard InChI is InChI=1S/C2H4O3.C2H4.Cu/c3-1-2(4)5;1-2;/h3H,1H2,(H,4,5);1-2H2;. The molecule has 4 heteroatoms. The summed E-state index contributed by atoms with van der Waals surface area (Å²) in [5.41, 5.74) is 0. The molecule has 0 aromatic rings. The largest absolute Gasteiger partial charge is 0.480 e. The quantitative estimate of drug-likeness (QED) is 0.423. The number of carbonyl (C=O) groups is 1. The molecule has 8 heavy (non-hydrogen) atoms. The van der Waals surface area contributed by atoms with Crippen LogP contribution in [0.5, 0.6) is 0 Å². The van der Waals surface area contributed by atoms with Crippen LogP contribution in [0.25, 0.3) is 0 Å². The topological polar surface area (TPSA) is 57.5 Å². The van der Waals surface area contributed by atoms with Crippen LogP contribution >= 0.6 is 0 Å². The first-order valence-electron chi connectivity index (χ1n) is 1.60. The summed E-state index contributed by atoms with van der Waals surface area (Å²) in [7, 11) is 0. The molecule has 0 saturated carbocycles. The number of rotatable bonds is 1. The van der Waals surface area contributed by atoms with Crippen LogP contribution < -0.4 is 0 Å². The first-order valence-corrected chi connectivity index (χ1v) is 1.60. The van der Waals surface area contributed by atoms with Crippen molar-refractivity contribution in [2.45, 2.75) is 0 Å². The van der Waals surface area contributed by atoms with E-state index in [1.165, 1.54) is 0 Å². The van der Waals surface area contributed by atoms with Crippen molar-refractivity contribution < 1.29 is 32.1 Å². The molecule has 3 nitrogen and oxygen atoms in total. The second-order valence-electron chi connectivity index (χ2n) is 0.552. The molecule has 2 N–H and O–H groups in total. The molecular weight excluding hydrogens is 160 g/mol. The second-order valence-corrected chi connectivity index (χ2v) is 0.552. The maximum Gasteiger partial charge on any atom is 0.329 e. The number of hydrogen-bond acceptors (Lipinski definition) is 2. The summed E-state index contributed by atoms with van der Waals surface area (Å²) in [4.78, 5) is 9.12. The average Bonchev–Trinajstić information content (AvgIpc) is 1.73. The molecule has 0 spiro atoms. The predicted molar refractivity (Wildman–Crippen MR) is 26.0 cm³/mol. The van der Waals surface area contributed by atoms with Crippen LogP contribution in [0.4, 0.5) is 0 Å². The van der Waals surface area contributed by atoms with E-state index in [-0.39, 0.29) is 17.1 Å². The van der Waals surface area contributed by atoms with Crippen molar-refractivity contribution in [2.75, 3.05) is 6.61 Å². The van der Waals surface area contributed by atoms with Gasteiger partial charge < -0.3 is 10.2 Å². The van der Waals surface area contributed by atoms with Crippen LogP contribution in [-0.4, -0.2) is 22.8 Å². The van der Waals surface area contributed by atoms with Crippen molar-refractivity contribution in [1.82, 2.24) is 0 Å². The van der Waals surface area contributed by atoms with Crippen molar-refractivity contribution >= 4 is 5.97 Å². The Morgan fingerprint density at radius 1 is 1.50 bits per heavy atom. The van der Waals surface area contributed by atoms with Gasteiger partial charge in [-0.15, -0.1) is 13.2 Å². The summed E-state index contributed by atoms with van der Waals surface area (Å²) in [6.07, 6.45) is 0. The maximum atomic E-state index is 9.12. The van der Waals surface area contributed by atoms with E-state index >= 15 is 0 Å². The Morgan fingerprint density at radius 2 is 1.62 bits per heavy atom. The van der Waals surface area contributed by atoms with Gasteiger partial charge >= 0.3 is 5.97 Å². The van der Waals surface area contributed by atoms with Gasteiger partial charge in [-0.2, -0.15) is 0 Å². The van der Waals surface area contributed by atoms with Crippen LogP contribution in [0.15, 0.2) is 13.2 Å². The number of carboxylic acids is 1. The fourth-order valence-electron chi connectivity index (χ4n) is 0. The SMILES string of the molecule is C=C.O=C(O)CO.[Cu]. The van der Waals surface area contributed by atoms with Crippen molar-refractivity contribution in [3.05, 3.63) is 13.2 Å². The van der Waals surface area contributed by atoms with Gasteiger partial charge in [0.05, 0.1) is 0 Å². The van der Waals surface area contributed by atoms with E-state index in [4.69, 9.17) is 15.0 Å². The summed E-state index contributed by atoms with van der Waals surface area (Å²) in [6, 6.07) is 0. The molecule has 0 rings (SSSR count). The van der Waals surface area contributed by atoms with Crippen LogP contribution in [0.2, 0.25) is 0 Å². The fourth-order valence-corrected chi connectivity index (χ4v) is 0. The molecule has 0 fully saturated rings. The molecule has 0 aromatic carbocycles. The van der Waals surface area contributed by atoms with Gasteiger partial charge in [-0.25, -0.2) is 4.79 Å². The monoisotopic (exact) mass is 167 g/mol. The van der Waals surface area contributed by atoms with Crippen LogP contribution in [-0.2, 0) is 21.9 Å². The molecule has 0 unspecified atom stereocenters. The van der Waals surface area contributed by atoms with Gasteiger partial charge in [0, 0.05) is 17.1 Å². The van der Waals surface area contributed by atoms with E-state index in [0.29, 0.717) is 0 Å². The third kappa shape index (κ3) is 43.8.